The standard InChI is InChI=1S/C22H26N2O2/c1-22(12-13-23(16-22)14-18-8-4-2-5-9-18)21(25)24-17-26-15-20(24)19-10-6-3-7-11-19/h2-11,20H,12-17H2,1H3/t20-,22-/m0/s1. The van der Waals surface area contributed by atoms with Gasteiger partial charge in [0.1, 0.15) is 6.73 Å². The first-order valence-electron chi connectivity index (χ1n) is 9.36. The van der Waals surface area contributed by atoms with E-state index in [-0.39, 0.29) is 17.4 Å². The van der Waals surface area contributed by atoms with Gasteiger partial charge in [-0.05, 0) is 31.0 Å². The summed E-state index contributed by atoms with van der Waals surface area (Å²) in [5.74, 6) is 0.222. The number of likely N-dealkylation sites (tertiary alicyclic amines) is 1. The highest BCUT2D eigenvalue weighted by molar-refractivity contribution is 5.83. The fraction of sp³-hybridized carbons (Fsp3) is 0.409. The molecule has 2 fully saturated rings. The largest absolute Gasteiger partial charge is 0.359 e. The molecule has 0 bridgehead atoms. The Morgan fingerprint density at radius 2 is 1.81 bits per heavy atom. The Morgan fingerprint density at radius 3 is 2.54 bits per heavy atom. The Morgan fingerprint density at radius 1 is 1.12 bits per heavy atom. The fourth-order valence-corrected chi connectivity index (χ4v) is 4.15. The molecule has 0 unspecified atom stereocenters. The lowest BCUT2D eigenvalue weighted by Crippen LogP contribution is -2.44. The molecular formula is C22H26N2O2. The van der Waals surface area contributed by atoms with Crippen LogP contribution in [0.2, 0.25) is 0 Å². The number of carbonyl (C=O) groups is 1. The third-order valence-corrected chi connectivity index (χ3v) is 5.65. The first-order chi connectivity index (χ1) is 12.7. The van der Waals surface area contributed by atoms with Crippen molar-refractivity contribution in [2.24, 2.45) is 5.41 Å². The van der Waals surface area contributed by atoms with E-state index in [0.29, 0.717) is 13.3 Å². The van der Waals surface area contributed by atoms with Gasteiger partial charge in [-0.15, -0.1) is 0 Å². The lowest BCUT2D eigenvalue weighted by Gasteiger charge is -2.32. The van der Waals surface area contributed by atoms with Crippen LogP contribution in [0.4, 0.5) is 0 Å². The molecule has 2 aliphatic rings. The average molecular weight is 350 g/mol. The highest BCUT2D eigenvalue weighted by atomic mass is 16.5. The minimum absolute atomic E-state index is 0.0312. The summed E-state index contributed by atoms with van der Waals surface area (Å²) >= 11 is 0. The highest BCUT2D eigenvalue weighted by Crippen LogP contribution is 2.37. The van der Waals surface area contributed by atoms with Gasteiger partial charge in [0.2, 0.25) is 5.91 Å². The molecule has 2 atom stereocenters. The van der Waals surface area contributed by atoms with Gasteiger partial charge in [0.05, 0.1) is 18.1 Å². The molecule has 2 aliphatic heterocycles. The van der Waals surface area contributed by atoms with Gasteiger partial charge in [-0.1, -0.05) is 60.7 Å². The molecular weight excluding hydrogens is 324 g/mol. The number of ether oxygens (including phenoxy) is 1. The number of nitrogens with zero attached hydrogens (tertiary/aromatic N) is 2. The van der Waals surface area contributed by atoms with Crippen molar-refractivity contribution in [2.45, 2.75) is 25.9 Å². The van der Waals surface area contributed by atoms with Crippen LogP contribution in [0.15, 0.2) is 60.7 Å². The summed E-state index contributed by atoms with van der Waals surface area (Å²) in [6.45, 7) is 5.76. The van der Waals surface area contributed by atoms with Crippen molar-refractivity contribution in [1.82, 2.24) is 9.80 Å². The second-order valence-corrected chi connectivity index (χ2v) is 7.71. The van der Waals surface area contributed by atoms with Gasteiger partial charge in [-0.25, -0.2) is 0 Å². The number of rotatable bonds is 4. The molecule has 0 saturated carbocycles. The maximum atomic E-state index is 13.4. The molecule has 0 radical (unpaired) electrons. The SMILES string of the molecule is C[C@]1(C(=O)N2COC[C@H]2c2ccccc2)CCN(Cc2ccccc2)C1. The number of carbonyl (C=O) groups excluding carboxylic acids is 1. The van der Waals surface area contributed by atoms with E-state index in [0.717, 1.165) is 31.6 Å². The average Bonchev–Trinajstić information content (AvgIpc) is 3.30. The zero-order valence-electron chi connectivity index (χ0n) is 15.3. The molecule has 2 aromatic carbocycles. The minimum atomic E-state index is -0.338. The smallest absolute Gasteiger partial charge is 0.232 e. The van der Waals surface area contributed by atoms with Gasteiger partial charge in [-0.3, -0.25) is 9.69 Å². The second-order valence-electron chi connectivity index (χ2n) is 7.71. The van der Waals surface area contributed by atoms with Crippen molar-refractivity contribution in [3.63, 3.8) is 0 Å². The van der Waals surface area contributed by atoms with Crippen molar-refractivity contribution < 1.29 is 9.53 Å². The van der Waals surface area contributed by atoms with Crippen molar-refractivity contribution in [3.8, 4) is 0 Å². The van der Waals surface area contributed by atoms with Crippen LogP contribution in [-0.2, 0) is 16.1 Å². The van der Waals surface area contributed by atoms with Crippen LogP contribution in [0, 0.1) is 5.41 Å². The summed E-state index contributed by atoms with van der Waals surface area (Å²) in [5.41, 5.74) is 2.12. The number of hydrogen-bond acceptors (Lipinski definition) is 3. The van der Waals surface area contributed by atoms with Crippen LogP contribution in [-0.4, -0.2) is 42.1 Å². The van der Waals surface area contributed by atoms with E-state index < -0.39 is 0 Å². The van der Waals surface area contributed by atoms with Gasteiger partial charge >= 0.3 is 0 Å². The Labute approximate surface area is 155 Å². The third-order valence-electron chi connectivity index (χ3n) is 5.65. The maximum Gasteiger partial charge on any atom is 0.232 e. The molecule has 26 heavy (non-hydrogen) atoms. The van der Waals surface area contributed by atoms with E-state index in [1.807, 2.05) is 29.2 Å². The molecule has 0 N–H and O–H groups in total. The van der Waals surface area contributed by atoms with Gasteiger partial charge in [0.25, 0.3) is 0 Å². The van der Waals surface area contributed by atoms with E-state index >= 15 is 0 Å². The Bertz CT molecular complexity index is 749. The summed E-state index contributed by atoms with van der Waals surface area (Å²) in [5, 5.41) is 0. The molecule has 4 nitrogen and oxygen atoms in total. The molecule has 4 rings (SSSR count). The Kier molecular flexibility index (Phi) is 4.79. The molecule has 136 valence electrons. The zero-order valence-corrected chi connectivity index (χ0v) is 15.3. The molecule has 0 aromatic heterocycles. The summed E-state index contributed by atoms with van der Waals surface area (Å²) in [7, 11) is 0. The van der Waals surface area contributed by atoms with Crippen LogP contribution in [0.3, 0.4) is 0 Å². The summed E-state index contributed by atoms with van der Waals surface area (Å²) in [4.78, 5) is 17.7. The van der Waals surface area contributed by atoms with Gasteiger partial charge < -0.3 is 9.64 Å². The Hall–Kier alpha value is -2.17. The summed E-state index contributed by atoms with van der Waals surface area (Å²) in [6.07, 6.45) is 0.899. The number of amides is 1. The van der Waals surface area contributed by atoms with Gasteiger partial charge in [-0.2, -0.15) is 0 Å². The quantitative estimate of drug-likeness (QED) is 0.847. The predicted molar refractivity (Wildman–Crippen MR) is 101 cm³/mol. The maximum absolute atomic E-state index is 13.4. The molecule has 2 aromatic rings. The summed E-state index contributed by atoms with van der Waals surface area (Å²) < 4.78 is 5.66. The van der Waals surface area contributed by atoms with Crippen molar-refractivity contribution in [3.05, 3.63) is 71.8 Å². The summed E-state index contributed by atoms with van der Waals surface area (Å²) in [6, 6.07) is 20.7. The van der Waals surface area contributed by atoms with E-state index in [4.69, 9.17) is 4.74 Å². The van der Waals surface area contributed by atoms with Crippen molar-refractivity contribution in [2.75, 3.05) is 26.4 Å². The minimum Gasteiger partial charge on any atom is -0.359 e. The Balaban J connectivity index is 1.45. The number of hydrogen-bond donors (Lipinski definition) is 0. The van der Waals surface area contributed by atoms with Crippen LogP contribution >= 0.6 is 0 Å². The second kappa shape index (κ2) is 7.22. The normalized spacial score (nSPS) is 26.3. The van der Waals surface area contributed by atoms with Gasteiger partial charge in [0.15, 0.2) is 0 Å². The van der Waals surface area contributed by atoms with E-state index in [1.54, 1.807) is 0 Å². The first kappa shape index (κ1) is 17.3. The van der Waals surface area contributed by atoms with Crippen LogP contribution in [0.1, 0.15) is 30.5 Å². The topological polar surface area (TPSA) is 32.8 Å². The van der Waals surface area contributed by atoms with Gasteiger partial charge in [0, 0.05) is 13.1 Å². The fourth-order valence-electron chi connectivity index (χ4n) is 4.15. The lowest BCUT2D eigenvalue weighted by molar-refractivity contribution is -0.143. The first-order valence-corrected chi connectivity index (χ1v) is 9.36. The molecule has 0 aliphatic carbocycles. The molecule has 2 heterocycles. The molecule has 0 spiro atoms. The van der Waals surface area contributed by atoms with E-state index in [2.05, 4.69) is 48.2 Å². The van der Waals surface area contributed by atoms with E-state index in [9.17, 15) is 4.79 Å². The monoisotopic (exact) mass is 350 g/mol. The van der Waals surface area contributed by atoms with E-state index in [1.165, 1.54) is 5.56 Å². The highest BCUT2D eigenvalue weighted by Gasteiger charge is 2.45. The lowest BCUT2D eigenvalue weighted by atomic mass is 9.87. The third kappa shape index (κ3) is 3.39. The van der Waals surface area contributed by atoms with Crippen LogP contribution < -0.4 is 0 Å². The zero-order chi connectivity index (χ0) is 18.0. The van der Waals surface area contributed by atoms with Crippen LogP contribution in [0.5, 0.6) is 0 Å². The predicted octanol–water partition coefficient (Wildman–Crippen LogP) is 3.46. The molecule has 2 saturated heterocycles. The number of benzene rings is 2. The van der Waals surface area contributed by atoms with Crippen molar-refractivity contribution >= 4 is 5.91 Å². The molecule has 1 amide bonds. The molecule has 4 heteroatoms. The van der Waals surface area contributed by atoms with Crippen LogP contribution in [0.25, 0.3) is 0 Å². The van der Waals surface area contributed by atoms with Crippen molar-refractivity contribution in [1.29, 1.82) is 0 Å².